The molecule has 1 aliphatic rings. The molecule has 0 fully saturated rings. The fourth-order valence-corrected chi connectivity index (χ4v) is 3.60. The molecule has 26 heavy (non-hydrogen) atoms. The van der Waals surface area contributed by atoms with Crippen LogP contribution in [0, 0.1) is 6.92 Å². The third-order valence-corrected chi connectivity index (χ3v) is 4.90. The fraction of sp³-hybridized carbons (Fsp3) is 0.176. The number of aryl methyl sites for hydroxylation is 1. The molecule has 2 aromatic carbocycles. The summed E-state index contributed by atoms with van der Waals surface area (Å²) in [5.74, 6) is 1.06. The van der Waals surface area contributed by atoms with Gasteiger partial charge in [0, 0.05) is 17.2 Å². The summed E-state index contributed by atoms with van der Waals surface area (Å²) in [6.07, 6.45) is 0. The van der Waals surface area contributed by atoms with E-state index in [0.29, 0.717) is 17.2 Å². The molecule has 1 N–H and O–H groups in total. The molecule has 1 atom stereocenters. The molecule has 1 aliphatic heterocycles. The van der Waals surface area contributed by atoms with Crippen LogP contribution in [0.15, 0.2) is 46.9 Å². The molecular weight excluding hydrogens is 358 g/mol. The number of benzene rings is 2. The van der Waals surface area contributed by atoms with Crippen LogP contribution in [0.4, 0.5) is 0 Å². The summed E-state index contributed by atoms with van der Waals surface area (Å²) >= 11 is 0. The zero-order valence-corrected chi connectivity index (χ0v) is 14.8. The molecule has 0 saturated carbocycles. The Morgan fingerprint density at radius 2 is 1.88 bits per heavy atom. The van der Waals surface area contributed by atoms with Gasteiger partial charge in [-0.05, 0) is 31.2 Å². The van der Waals surface area contributed by atoms with Crippen LogP contribution in [-0.4, -0.2) is 25.7 Å². The van der Waals surface area contributed by atoms with Gasteiger partial charge < -0.3 is 13.3 Å². The van der Waals surface area contributed by atoms with Crippen molar-refractivity contribution in [1.29, 1.82) is 0 Å². The Labute approximate surface area is 150 Å². The molecule has 0 aliphatic carbocycles. The Balaban J connectivity index is 1.75. The van der Waals surface area contributed by atoms with Crippen LogP contribution in [0.5, 0.6) is 11.5 Å². The van der Waals surface area contributed by atoms with E-state index in [1.165, 1.54) is 13.2 Å². The molecular formula is C17H15N3O5S. The topological polar surface area (TPSA) is 104 Å². The van der Waals surface area contributed by atoms with E-state index in [1.807, 2.05) is 31.2 Å². The van der Waals surface area contributed by atoms with Crippen molar-refractivity contribution in [2.45, 2.75) is 13.0 Å². The maximum Gasteiger partial charge on any atom is 0.383 e. The number of methoxy groups -OCH3 is 1. The standard InChI is InChI=1S/C17H15N3O5S/c1-10-3-5-11(6-4-10)16-18-19-17(24-16)15-13-8-7-12(23-2)9-14(13)25-26(21,22)20-15/h3-9,15,20H,1-2H3. The van der Waals surface area contributed by atoms with Gasteiger partial charge in [0.2, 0.25) is 11.8 Å². The lowest BCUT2D eigenvalue weighted by molar-refractivity contribution is 0.395. The van der Waals surface area contributed by atoms with Crippen molar-refractivity contribution < 1.29 is 21.8 Å². The van der Waals surface area contributed by atoms with Gasteiger partial charge in [0.1, 0.15) is 11.8 Å². The van der Waals surface area contributed by atoms with E-state index in [0.717, 1.165) is 11.1 Å². The van der Waals surface area contributed by atoms with Gasteiger partial charge in [-0.25, -0.2) is 0 Å². The first-order valence-corrected chi connectivity index (χ1v) is 9.16. The van der Waals surface area contributed by atoms with Gasteiger partial charge in [-0.2, -0.15) is 13.1 Å². The van der Waals surface area contributed by atoms with E-state index in [4.69, 9.17) is 13.3 Å². The number of nitrogens with one attached hydrogen (secondary N) is 1. The average Bonchev–Trinajstić information content (AvgIpc) is 3.10. The predicted octanol–water partition coefficient (Wildman–Crippen LogP) is 2.37. The lowest BCUT2D eigenvalue weighted by atomic mass is 10.1. The largest absolute Gasteiger partial charge is 0.497 e. The van der Waals surface area contributed by atoms with E-state index >= 15 is 0 Å². The third kappa shape index (κ3) is 3.02. The van der Waals surface area contributed by atoms with E-state index in [9.17, 15) is 8.42 Å². The van der Waals surface area contributed by atoms with Crippen molar-refractivity contribution >= 4 is 10.3 Å². The molecule has 8 nitrogen and oxygen atoms in total. The molecule has 9 heteroatoms. The number of hydrogen-bond acceptors (Lipinski definition) is 7. The van der Waals surface area contributed by atoms with Crippen LogP contribution in [-0.2, 0) is 10.3 Å². The minimum absolute atomic E-state index is 0.124. The fourth-order valence-electron chi connectivity index (χ4n) is 2.65. The Morgan fingerprint density at radius 3 is 2.62 bits per heavy atom. The number of ether oxygens (including phenoxy) is 1. The van der Waals surface area contributed by atoms with Crippen molar-refractivity contribution in [3.8, 4) is 23.0 Å². The molecule has 1 unspecified atom stereocenters. The Bertz CT molecular complexity index is 1060. The summed E-state index contributed by atoms with van der Waals surface area (Å²) in [6, 6.07) is 11.6. The SMILES string of the molecule is COc1ccc2c(c1)OS(=O)(=O)NC2c1nnc(-c2ccc(C)cc2)o1. The molecule has 0 spiro atoms. The third-order valence-electron chi connectivity index (χ3n) is 3.98. The Morgan fingerprint density at radius 1 is 1.12 bits per heavy atom. The van der Waals surface area contributed by atoms with Crippen LogP contribution >= 0.6 is 0 Å². The summed E-state index contributed by atoms with van der Waals surface area (Å²) in [4.78, 5) is 0. The molecule has 2 heterocycles. The maximum atomic E-state index is 12.0. The van der Waals surface area contributed by atoms with Gasteiger partial charge in [0.25, 0.3) is 0 Å². The zero-order valence-electron chi connectivity index (χ0n) is 14.0. The van der Waals surface area contributed by atoms with Crippen molar-refractivity contribution in [1.82, 2.24) is 14.9 Å². The van der Waals surface area contributed by atoms with E-state index in [-0.39, 0.29) is 11.6 Å². The monoisotopic (exact) mass is 373 g/mol. The quantitative estimate of drug-likeness (QED) is 0.751. The minimum atomic E-state index is -4.01. The Hall–Kier alpha value is -2.91. The second-order valence-corrected chi connectivity index (χ2v) is 7.11. The smallest absolute Gasteiger partial charge is 0.383 e. The minimum Gasteiger partial charge on any atom is -0.497 e. The second-order valence-electron chi connectivity index (χ2n) is 5.80. The van der Waals surface area contributed by atoms with Crippen molar-refractivity contribution in [3.05, 3.63) is 59.5 Å². The Kier molecular flexibility index (Phi) is 3.89. The first-order chi connectivity index (χ1) is 12.4. The molecule has 4 rings (SSSR count). The number of nitrogens with zero attached hydrogens (tertiary/aromatic N) is 2. The molecule has 0 amide bonds. The normalized spacial score (nSPS) is 18.0. The number of aromatic nitrogens is 2. The van der Waals surface area contributed by atoms with Gasteiger partial charge in [-0.3, -0.25) is 0 Å². The van der Waals surface area contributed by atoms with Gasteiger partial charge in [0.15, 0.2) is 5.75 Å². The lowest BCUT2D eigenvalue weighted by Gasteiger charge is -2.24. The number of fused-ring (bicyclic) bond motifs is 1. The van der Waals surface area contributed by atoms with Crippen molar-refractivity contribution in [2.75, 3.05) is 7.11 Å². The molecule has 0 saturated heterocycles. The summed E-state index contributed by atoms with van der Waals surface area (Å²) in [6.45, 7) is 1.98. The van der Waals surface area contributed by atoms with E-state index < -0.39 is 16.3 Å². The van der Waals surface area contributed by atoms with Crippen LogP contribution < -0.4 is 13.6 Å². The van der Waals surface area contributed by atoms with E-state index in [2.05, 4.69) is 14.9 Å². The highest BCUT2D eigenvalue weighted by Gasteiger charge is 2.35. The highest BCUT2D eigenvalue weighted by molar-refractivity contribution is 7.85. The van der Waals surface area contributed by atoms with Crippen molar-refractivity contribution in [3.63, 3.8) is 0 Å². The van der Waals surface area contributed by atoms with Crippen LogP contribution in [0.25, 0.3) is 11.5 Å². The van der Waals surface area contributed by atoms with Crippen LogP contribution in [0.3, 0.4) is 0 Å². The van der Waals surface area contributed by atoms with Crippen LogP contribution in [0.2, 0.25) is 0 Å². The summed E-state index contributed by atoms with van der Waals surface area (Å²) in [5, 5.41) is 8.04. The van der Waals surface area contributed by atoms with E-state index in [1.54, 1.807) is 12.1 Å². The molecule has 1 aromatic heterocycles. The molecule has 3 aromatic rings. The number of hydrogen-bond donors (Lipinski definition) is 1. The van der Waals surface area contributed by atoms with Crippen molar-refractivity contribution in [2.24, 2.45) is 0 Å². The van der Waals surface area contributed by atoms with Crippen LogP contribution in [0.1, 0.15) is 23.1 Å². The van der Waals surface area contributed by atoms with Gasteiger partial charge in [-0.1, -0.05) is 17.7 Å². The predicted molar refractivity (Wildman–Crippen MR) is 92.0 cm³/mol. The summed E-state index contributed by atoms with van der Waals surface area (Å²) < 4.78 is 42.3. The molecule has 0 bridgehead atoms. The summed E-state index contributed by atoms with van der Waals surface area (Å²) in [7, 11) is -2.53. The second kappa shape index (κ2) is 6.11. The first kappa shape index (κ1) is 16.6. The van der Waals surface area contributed by atoms with Gasteiger partial charge in [-0.15, -0.1) is 10.2 Å². The zero-order chi connectivity index (χ0) is 18.3. The maximum absolute atomic E-state index is 12.0. The molecule has 0 radical (unpaired) electrons. The first-order valence-electron chi connectivity index (χ1n) is 7.75. The highest BCUT2D eigenvalue weighted by atomic mass is 32.2. The lowest BCUT2D eigenvalue weighted by Crippen LogP contribution is -2.37. The molecule has 134 valence electrons. The van der Waals surface area contributed by atoms with Gasteiger partial charge in [0.05, 0.1) is 7.11 Å². The number of rotatable bonds is 3. The van der Waals surface area contributed by atoms with Gasteiger partial charge >= 0.3 is 10.3 Å². The highest BCUT2D eigenvalue weighted by Crippen LogP contribution is 2.37. The summed E-state index contributed by atoms with van der Waals surface area (Å²) in [5.41, 5.74) is 2.41. The average molecular weight is 373 g/mol.